The number of rotatable bonds is 2. The van der Waals surface area contributed by atoms with Gasteiger partial charge in [-0.1, -0.05) is 24.3 Å². The van der Waals surface area contributed by atoms with Crippen LogP contribution in [0.15, 0.2) is 24.3 Å². The Bertz CT molecular complexity index is 712. The molecule has 0 radical (unpaired) electrons. The number of fused-ring (bicyclic) bond motifs is 1. The van der Waals surface area contributed by atoms with Crippen molar-refractivity contribution in [3.8, 4) is 0 Å². The van der Waals surface area contributed by atoms with E-state index in [1.807, 2.05) is 12.1 Å². The molecule has 0 spiro atoms. The van der Waals surface area contributed by atoms with Gasteiger partial charge in [0.15, 0.2) is 15.9 Å². The lowest BCUT2D eigenvalue weighted by Crippen LogP contribution is -2.36. The van der Waals surface area contributed by atoms with Gasteiger partial charge in [0.25, 0.3) is 5.91 Å². The zero-order valence-electron chi connectivity index (χ0n) is 11.4. The largest absolute Gasteiger partial charge is 0.435 e. The maximum atomic E-state index is 12.0. The fraction of sp³-hybridized carbons (Fsp3) is 0.429. The molecule has 1 aromatic carbocycles. The van der Waals surface area contributed by atoms with E-state index in [0.717, 1.165) is 11.1 Å². The van der Waals surface area contributed by atoms with Gasteiger partial charge >= 0.3 is 6.09 Å². The fourth-order valence-electron chi connectivity index (χ4n) is 3.12. The van der Waals surface area contributed by atoms with Crippen molar-refractivity contribution >= 4 is 21.8 Å². The van der Waals surface area contributed by atoms with E-state index in [2.05, 4.69) is 5.32 Å². The Morgan fingerprint density at radius 1 is 1.24 bits per heavy atom. The Kier molecular flexibility index (Phi) is 3.24. The van der Waals surface area contributed by atoms with Gasteiger partial charge in [0.2, 0.25) is 0 Å². The molecule has 3 atom stereocenters. The third-order valence-corrected chi connectivity index (χ3v) is 5.54. The SMILES string of the molecule is CS(=O)(=O)C1C[C@H](C2OC(=O)NC2=O)Cc2ccccc21. The molecule has 1 fully saturated rings. The van der Waals surface area contributed by atoms with Crippen LogP contribution >= 0.6 is 0 Å². The second kappa shape index (κ2) is 4.84. The molecule has 2 amide bonds. The summed E-state index contributed by atoms with van der Waals surface area (Å²) in [5, 5.41) is 1.43. The molecule has 1 heterocycles. The molecule has 3 rings (SSSR count). The summed E-state index contributed by atoms with van der Waals surface area (Å²) < 4.78 is 29.1. The van der Waals surface area contributed by atoms with Crippen LogP contribution in [0.3, 0.4) is 0 Å². The number of carbonyl (C=O) groups excluding carboxylic acids is 2. The highest BCUT2D eigenvalue weighted by Crippen LogP contribution is 2.40. The first-order valence-electron chi connectivity index (χ1n) is 6.64. The monoisotopic (exact) mass is 309 g/mol. The van der Waals surface area contributed by atoms with Crippen molar-refractivity contribution in [2.24, 2.45) is 5.92 Å². The topological polar surface area (TPSA) is 89.5 Å². The Morgan fingerprint density at radius 2 is 1.95 bits per heavy atom. The molecule has 7 heteroatoms. The lowest BCUT2D eigenvalue weighted by atomic mass is 9.80. The zero-order valence-corrected chi connectivity index (χ0v) is 12.2. The predicted octanol–water partition coefficient (Wildman–Crippen LogP) is 0.970. The number of hydrogen-bond donors (Lipinski definition) is 1. The quantitative estimate of drug-likeness (QED) is 0.879. The molecule has 21 heavy (non-hydrogen) atoms. The van der Waals surface area contributed by atoms with E-state index in [9.17, 15) is 18.0 Å². The summed E-state index contributed by atoms with van der Waals surface area (Å²) >= 11 is 0. The Hall–Kier alpha value is -1.89. The lowest BCUT2D eigenvalue weighted by Gasteiger charge is -2.32. The Labute approximate surface area is 122 Å². The molecule has 1 aromatic rings. The summed E-state index contributed by atoms with van der Waals surface area (Å²) in [6.07, 6.45) is 0.321. The molecule has 0 bridgehead atoms. The van der Waals surface area contributed by atoms with Crippen molar-refractivity contribution in [2.75, 3.05) is 6.26 Å². The van der Waals surface area contributed by atoms with E-state index in [-0.39, 0.29) is 12.3 Å². The molecule has 2 unspecified atom stereocenters. The number of carbonyl (C=O) groups is 2. The van der Waals surface area contributed by atoms with E-state index in [1.165, 1.54) is 6.26 Å². The first kappa shape index (κ1) is 14.1. The minimum atomic E-state index is -3.30. The van der Waals surface area contributed by atoms with Gasteiger partial charge < -0.3 is 4.74 Å². The van der Waals surface area contributed by atoms with Crippen LogP contribution in [-0.4, -0.2) is 32.8 Å². The lowest BCUT2D eigenvalue weighted by molar-refractivity contribution is -0.125. The second-order valence-corrected chi connectivity index (χ2v) is 7.76. The molecule has 1 N–H and O–H groups in total. The zero-order chi connectivity index (χ0) is 15.2. The maximum Gasteiger partial charge on any atom is 0.414 e. The normalized spacial score (nSPS) is 28.7. The third kappa shape index (κ3) is 2.53. The maximum absolute atomic E-state index is 12.0. The van der Waals surface area contributed by atoms with Crippen molar-refractivity contribution in [1.82, 2.24) is 5.32 Å². The smallest absolute Gasteiger partial charge is 0.414 e. The van der Waals surface area contributed by atoms with Crippen LogP contribution in [0.5, 0.6) is 0 Å². The number of alkyl carbamates (subject to hydrolysis) is 1. The number of ether oxygens (including phenoxy) is 1. The van der Waals surface area contributed by atoms with Crippen molar-refractivity contribution in [3.63, 3.8) is 0 Å². The number of sulfone groups is 1. The van der Waals surface area contributed by atoms with Crippen LogP contribution in [0.4, 0.5) is 4.79 Å². The third-order valence-electron chi connectivity index (χ3n) is 4.06. The molecule has 0 saturated carbocycles. The van der Waals surface area contributed by atoms with Gasteiger partial charge in [0.05, 0.1) is 5.25 Å². The van der Waals surface area contributed by atoms with Crippen molar-refractivity contribution in [2.45, 2.75) is 24.2 Å². The minimum absolute atomic E-state index is 0.279. The molecule has 1 aliphatic heterocycles. The Morgan fingerprint density at radius 3 is 2.57 bits per heavy atom. The summed E-state index contributed by atoms with van der Waals surface area (Å²) in [6.45, 7) is 0. The number of imide groups is 1. The van der Waals surface area contributed by atoms with Gasteiger partial charge in [-0.3, -0.25) is 10.1 Å². The van der Waals surface area contributed by atoms with Crippen LogP contribution in [-0.2, 0) is 25.8 Å². The number of nitrogens with one attached hydrogen (secondary N) is 1. The number of cyclic esters (lactones) is 1. The average Bonchev–Trinajstić information content (AvgIpc) is 2.75. The highest BCUT2D eigenvalue weighted by atomic mass is 32.2. The summed E-state index contributed by atoms with van der Waals surface area (Å²) in [4.78, 5) is 22.9. The molecule has 112 valence electrons. The second-order valence-electron chi connectivity index (χ2n) is 5.53. The van der Waals surface area contributed by atoms with E-state index in [0.29, 0.717) is 6.42 Å². The summed E-state index contributed by atoms with van der Waals surface area (Å²) in [7, 11) is -3.30. The molecular weight excluding hydrogens is 294 g/mol. The van der Waals surface area contributed by atoms with E-state index < -0.39 is 33.2 Å². The standard InChI is InChI=1S/C14H15NO5S/c1-21(18,19)11-7-9(12-13(16)15-14(17)20-12)6-8-4-2-3-5-10(8)11/h2-5,9,11-12H,6-7H2,1H3,(H,15,16,17)/t9-,11?,12?/m1/s1. The summed E-state index contributed by atoms with van der Waals surface area (Å²) in [5.74, 6) is -0.817. The minimum Gasteiger partial charge on any atom is -0.435 e. The van der Waals surface area contributed by atoms with E-state index in [4.69, 9.17) is 4.74 Å². The molecule has 1 aliphatic carbocycles. The van der Waals surface area contributed by atoms with Gasteiger partial charge in [-0.15, -0.1) is 0 Å². The van der Waals surface area contributed by atoms with Gasteiger partial charge in [-0.05, 0) is 24.0 Å². The van der Waals surface area contributed by atoms with E-state index >= 15 is 0 Å². The first-order chi connectivity index (χ1) is 9.86. The molecule has 2 aliphatic rings. The molecule has 6 nitrogen and oxygen atoms in total. The first-order valence-corrected chi connectivity index (χ1v) is 8.60. The van der Waals surface area contributed by atoms with E-state index in [1.54, 1.807) is 12.1 Å². The van der Waals surface area contributed by atoms with Crippen molar-refractivity contribution < 1.29 is 22.7 Å². The summed E-state index contributed by atoms with van der Waals surface area (Å²) in [6, 6.07) is 7.30. The summed E-state index contributed by atoms with van der Waals surface area (Å²) in [5.41, 5.74) is 1.67. The highest BCUT2D eigenvalue weighted by molar-refractivity contribution is 7.90. The fourth-order valence-corrected chi connectivity index (χ4v) is 4.41. The van der Waals surface area contributed by atoms with Gasteiger partial charge in [0, 0.05) is 12.2 Å². The van der Waals surface area contributed by atoms with Crippen LogP contribution < -0.4 is 5.32 Å². The van der Waals surface area contributed by atoms with Crippen LogP contribution in [0, 0.1) is 5.92 Å². The van der Waals surface area contributed by atoms with Gasteiger partial charge in [0.1, 0.15) is 0 Å². The van der Waals surface area contributed by atoms with Crippen LogP contribution in [0.2, 0.25) is 0 Å². The molecule has 0 aromatic heterocycles. The Balaban J connectivity index is 1.98. The van der Waals surface area contributed by atoms with Gasteiger partial charge in [-0.2, -0.15) is 0 Å². The van der Waals surface area contributed by atoms with Crippen molar-refractivity contribution in [1.29, 1.82) is 0 Å². The number of hydrogen-bond acceptors (Lipinski definition) is 5. The number of amides is 2. The van der Waals surface area contributed by atoms with Crippen LogP contribution in [0.1, 0.15) is 22.8 Å². The highest BCUT2D eigenvalue weighted by Gasteiger charge is 2.44. The van der Waals surface area contributed by atoms with Gasteiger partial charge in [-0.25, -0.2) is 13.2 Å². The van der Waals surface area contributed by atoms with Crippen molar-refractivity contribution in [3.05, 3.63) is 35.4 Å². The number of benzene rings is 1. The molecule has 1 saturated heterocycles. The predicted molar refractivity (Wildman–Crippen MR) is 74.2 cm³/mol. The average molecular weight is 309 g/mol. The molecular formula is C14H15NO5S. The van der Waals surface area contributed by atoms with Crippen LogP contribution in [0.25, 0.3) is 0 Å².